The topological polar surface area (TPSA) is 46.3 Å². The highest BCUT2D eigenvalue weighted by Gasteiger charge is 2.31. The van der Waals surface area contributed by atoms with Crippen LogP contribution >= 0.6 is 0 Å². The summed E-state index contributed by atoms with van der Waals surface area (Å²) >= 11 is 0. The molecule has 3 heteroatoms. The van der Waals surface area contributed by atoms with Gasteiger partial charge in [0.1, 0.15) is 0 Å². The van der Waals surface area contributed by atoms with E-state index in [1.54, 1.807) is 0 Å². The molecule has 2 N–H and O–H groups in total. The predicted octanol–water partition coefficient (Wildman–Crippen LogP) is 1.12. The smallest absolute Gasteiger partial charge is 0.224 e. The molecular formula is C10H20N2O. The van der Waals surface area contributed by atoms with Crippen molar-refractivity contribution in [1.29, 1.82) is 0 Å². The molecule has 1 rings (SSSR count). The molecule has 1 saturated carbocycles. The van der Waals surface area contributed by atoms with E-state index in [-0.39, 0.29) is 11.9 Å². The maximum absolute atomic E-state index is 11.7. The second kappa shape index (κ2) is 4.61. The molecule has 76 valence electrons. The Bertz CT molecular complexity index is 178. The van der Waals surface area contributed by atoms with Crippen LogP contribution in [-0.4, -0.2) is 29.4 Å². The van der Waals surface area contributed by atoms with Crippen molar-refractivity contribution in [3.05, 3.63) is 0 Å². The molecule has 0 bridgehead atoms. The van der Waals surface area contributed by atoms with Gasteiger partial charge in [-0.3, -0.25) is 4.79 Å². The van der Waals surface area contributed by atoms with Crippen LogP contribution in [0.5, 0.6) is 0 Å². The Morgan fingerprint density at radius 3 is 2.54 bits per heavy atom. The molecule has 1 aliphatic rings. The van der Waals surface area contributed by atoms with Crippen molar-refractivity contribution in [3.63, 3.8) is 0 Å². The standard InChI is InChI=1S/C10H20N2O/c1-3-8(11)7-10(13)12(4-2)9-5-6-9/h8-9H,3-7,11H2,1-2H3. The zero-order chi connectivity index (χ0) is 9.84. The zero-order valence-electron chi connectivity index (χ0n) is 8.62. The Morgan fingerprint density at radius 1 is 1.54 bits per heavy atom. The number of hydrogen-bond acceptors (Lipinski definition) is 2. The molecule has 0 saturated heterocycles. The molecule has 0 aromatic heterocycles. The second-order valence-electron chi connectivity index (χ2n) is 3.78. The molecule has 0 aromatic rings. The number of nitrogens with zero attached hydrogens (tertiary/aromatic N) is 1. The molecule has 3 nitrogen and oxygen atoms in total. The first-order chi connectivity index (χ1) is 6.19. The van der Waals surface area contributed by atoms with E-state index in [0.29, 0.717) is 12.5 Å². The van der Waals surface area contributed by atoms with Crippen LogP contribution in [-0.2, 0) is 4.79 Å². The number of nitrogens with two attached hydrogens (primary N) is 1. The van der Waals surface area contributed by atoms with E-state index in [0.717, 1.165) is 13.0 Å². The summed E-state index contributed by atoms with van der Waals surface area (Å²) in [7, 11) is 0. The first kappa shape index (κ1) is 10.5. The fourth-order valence-electron chi connectivity index (χ4n) is 1.51. The van der Waals surface area contributed by atoms with E-state index in [4.69, 9.17) is 5.73 Å². The van der Waals surface area contributed by atoms with Crippen LogP contribution in [0.3, 0.4) is 0 Å². The van der Waals surface area contributed by atoms with Crippen LogP contribution in [0.1, 0.15) is 39.5 Å². The fourth-order valence-corrected chi connectivity index (χ4v) is 1.51. The van der Waals surface area contributed by atoms with Crippen molar-refractivity contribution in [2.75, 3.05) is 6.54 Å². The third-order valence-electron chi connectivity index (χ3n) is 2.61. The normalized spacial score (nSPS) is 18.4. The van der Waals surface area contributed by atoms with Gasteiger partial charge in [0.15, 0.2) is 0 Å². The van der Waals surface area contributed by atoms with Gasteiger partial charge in [-0.05, 0) is 26.2 Å². The van der Waals surface area contributed by atoms with E-state index in [1.165, 1.54) is 12.8 Å². The SMILES string of the molecule is CCC(N)CC(=O)N(CC)C1CC1. The summed E-state index contributed by atoms with van der Waals surface area (Å²) in [5, 5.41) is 0. The molecule has 0 spiro atoms. The summed E-state index contributed by atoms with van der Waals surface area (Å²) < 4.78 is 0. The average molecular weight is 184 g/mol. The highest BCUT2D eigenvalue weighted by molar-refractivity contribution is 5.77. The van der Waals surface area contributed by atoms with Gasteiger partial charge in [0.25, 0.3) is 0 Å². The van der Waals surface area contributed by atoms with Gasteiger partial charge in [-0.25, -0.2) is 0 Å². The van der Waals surface area contributed by atoms with Crippen molar-refractivity contribution in [2.45, 2.75) is 51.6 Å². The molecule has 1 fully saturated rings. The minimum Gasteiger partial charge on any atom is -0.340 e. The third-order valence-corrected chi connectivity index (χ3v) is 2.61. The molecule has 1 aliphatic carbocycles. The molecule has 1 atom stereocenters. The lowest BCUT2D eigenvalue weighted by atomic mass is 10.1. The third kappa shape index (κ3) is 2.99. The highest BCUT2D eigenvalue weighted by atomic mass is 16.2. The van der Waals surface area contributed by atoms with Crippen molar-refractivity contribution in [1.82, 2.24) is 4.90 Å². The van der Waals surface area contributed by atoms with E-state index in [9.17, 15) is 4.79 Å². The number of hydrogen-bond donors (Lipinski definition) is 1. The maximum Gasteiger partial charge on any atom is 0.224 e. The van der Waals surface area contributed by atoms with Gasteiger partial charge in [-0.2, -0.15) is 0 Å². The van der Waals surface area contributed by atoms with Crippen LogP contribution < -0.4 is 5.73 Å². The number of carbonyl (C=O) groups is 1. The lowest BCUT2D eigenvalue weighted by Gasteiger charge is -2.21. The Balaban J connectivity index is 2.35. The van der Waals surface area contributed by atoms with Crippen molar-refractivity contribution < 1.29 is 4.79 Å². The largest absolute Gasteiger partial charge is 0.340 e. The van der Waals surface area contributed by atoms with Gasteiger partial charge >= 0.3 is 0 Å². The molecule has 0 aliphatic heterocycles. The number of carbonyl (C=O) groups excluding carboxylic acids is 1. The first-order valence-electron chi connectivity index (χ1n) is 5.24. The minimum atomic E-state index is 0.0419. The fraction of sp³-hybridized carbons (Fsp3) is 0.900. The molecule has 0 radical (unpaired) electrons. The molecule has 1 unspecified atom stereocenters. The van der Waals surface area contributed by atoms with E-state index < -0.39 is 0 Å². The summed E-state index contributed by atoms with van der Waals surface area (Å²) in [6.07, 6.45) is 3.76. The first-order valence-corrected chi connectivity index (χ1v) is 5.24. The Kier molecular flexibility index (Phi) is 3.72. The number of rotatable bonds is 5. The average Bonchev–Trinajstić information content (AvgIpc) is 2.89. The van der Waals surface area contributed by atoms with Gasteiger partial charge < -0.3 is 10.6 Å². The van der Waals surface area contributed by atoms with Gasteiger partial charge in [0.05, 0.1) is 0 Å². The van der Waals surface area contributed by atoms with Crippen LogP contribution in [0.25, 0.3) is 0 Å². The van der Waals surface area contributed by atoms with Crippen LogP contribution in [0.15, 0.2) is 0 Å². The lowest BCUT2D eigenvalue weighted by molar-refractivity contribution is -0.131. The summed E-state index contributed by atoms with van der Waals surface area (Å²) in [6, 6.07) is 0.571. The summed E-state index contributed by atoms with van der Waals surface area (Å²) in [5.41, 5.74) is 5.74. The molecule has 0 heterocycles. The van der Waals surface area contributed by atoms with Crippen molar-refractivity contribution in [3.8, 4) is 0 Å². The van der Waals surface area contributed by atoms with Gasteiger partial charge in [-0.15, -0.1) is 0 Å². The van der Waals surface area contributed by atoms with Gasteiger partial charge in [0.2, 0.25) is 5.91 Å². The summed E-state index contributed by atoms with van der Waals surface area (Å²) in [5.74, 6) is 0.236. The number of amides is 1. The van der Waals surface area contributed by atoms with Crippen molar-refractivity contribution >= 4 is 5.91 Å². The maximum atomic E-state index is 11.7. The zero-order valence-corrected chi connectivity index (χ0v) is 8.62. The molecule has 13 heavy (non-hydrogen) atoms. The second-order valence-corrected chi connectivity index (χ2v) is 3.78. The Hall–Kier alpha value is -0.570. The van der Waals surface area contributed by atoms with Gasteiger partial charge in [0, 0.05) is 25.0 Å². The van der Waals surface area contributed by atoms with Crippen molar-refractivity contribution in [2.24, 2.45) is 5.73 Å². The monoisotopic (exact) mass is 184 g/mol. The van der Waals surface area contributed by atoms with E-state index >= 15 is 0 Å². The highest BCUT2D eigenvalue weighted by Crippen LogP contribution is 2.27. The minimum absolute atomic E-state index is 0.0419. The van der Waals surface area contributed by atoms with E-state index in [2.05, 4.69) is 0 Å². The molecular weight excluding hydrogens is 164 g/mol. The summed E-state index contributed by atoms with van der Waals surface area (Å²) in [6.45, 7) is 4.89. The molecule has 0 aromatic carbocycles. The van der Waals surface area contributed by atoms with Crippen LogP contribution in [0.2, 0.25) is 0 Å². The summed E-state index contributed by atoms with van der Waals surface area (Å²) in [4.78, 5) is 13.6. The predicted molar refractivity (Wildman–Crippen MR) is 53.3 cm³/mol. The Morgan fingerprint density at radius 2 is 2.15 bits per heavy atom. The van der Waals surface area contributed by atoms with Crippen LogP contribution in [0.4, 0.5) is 0 Å². The lowest BCUT2D eigenvalue weighted by Crippen LogP contribution is -2.36. The quantitative estimate of drug-likeness (QED) is 0.696. The van der Waals surface area contributed by atoms with E-state index in [1.807, 2.05) is 18.7 Å². The van der Waals surface area contributed by atoms with Crippen LogP contribution in [0, 0.1) is 0 Å². The van der Waals surface area contributed by atoms with Gasteiger partial charge in [-0.1, -0.05) is 6.92 Å². The Labute approximate surface area is 80.3 Å². The molecule has 1 amide bonds.